The van der Waals surface area contributed by atoms with E-state index in [9.17, 15) is 8.42 Å². The number of fused-ring (bicyclic) bond motifs is 1. The molecular formula is C20H20N4O2S2. The van der Waals surface area contributed by atoms with Crippen LogP contribution in [0, 0.1) is 6.92 Å². The van der Waals surface area contributed by atoms with Crippen molar-refractivity contribution in [2.24, 2.45) is 0 Å². The number of aryl methyl sites for hydroxylation is 1. The van der Waals surface area contributed by atoms with Crippen molar-refractivity contribution in [3.05, 3.63) is 60.3 Å². The first kappa shape index (κ1) is 18.6. The zero-order valence-electron chi connectivity index (χ0n) is 15.7. The van der Waals surface area contributed by atoms with Crippen LogP contribution in [0.2, 0.25) is 0 Å². The smallest absolute Gasteiger partial charge is 0.267 e. The van der Waals surface area contributed by atoms with Gasteiger partial charge in [0.2, 0.25) is 0 Å². The molecule has 8 heteroatoms. The van der Waals surface area contributed by atoms with Gasteiger partial charge in [-0.3, -0.25) is 9.40 Å². The first-order valence-electron chi connectivity index (χ1n) is 8.89. The van der Waals surface area contributed by atoms with Crippen LogP contribution in [0.1, 0.15) is 25.5 Å². The van der Waals surface area contributed by atoms with E-state index in [0.29, 0.717) is 10.8 Å². The van der Waals surface area contributed by atoms with Gasteiger partial charge in [0, 0.05) is 17.8 Å². The van der Waals surface area contributed by atoms with E-state index >= 15 is 0 Å². The van der Waals surface area contributed by atoms with Crippen molar-refractivity contribution in [2.45, 2.75) is 31.7 Å². The number of para-hydroxylation sites is 1. The first-order chi connectivity index (χ1) is 13.3. The van der Waals surface area contributed by atoms with Crippen molar-refractivity contribution in [1.82, 2.24) is 14.8 Å². The van der Waals surface area contributed by atoms with Gasteiger partial charge in [-0.15, -0.1) is 0 Å². The number of rotatable bonds is 5. The predicted molar refractivity (Wildman–Crippen MR) is 113 cm³/mol. The second-order valence-corrected chi connectivity index (χ2v) is 9.51. The molecule has 28 heavy (non-hydrogen) atoms. The number of anilines is 1. The summed E-state index contributed by atoms with van der Waals surface area (Å²) in [6.45, 7) is 5.88. The highest BCUT2D eigenvalue weighted by atomic mass is 32.2. The number of aromatic nitrogens is 3. The van der Waals surface area contributed by atoms with E-state index in [1.807, 2.05) is 69.3 Å². The molecule has 0 saturated carbocycles. The maximum Gasteiger partial charge on any atom is 0.267 e. The fraction of sp³-hybridized carbons (Fsp3) is 0.200. The van der Waals surface area contributed by atoms with E-state index in [0.717, 1.165) is 21.3 Å². The maximum atomic E-state index is 13.2. The van der Waals surface area contributed by atoms with Crippen molar-refractivity contribution in [3.63, 3.8) is 0 Å². The Labute approximate surface area is 167 Å². The lowest BCUT2D eigenvalue weighted by Crippen LogP contribution is -2.13. The highest BCUT2D eigenvalue weighted by Crippen LogP contribution is 2.32. The van der Waals surface area contributed by atoms with Crippen molar-refractivity contribution in [3.8, 4) is 11.3 Å². The van der Waals surface area contributed by atoms with Gasteiger partial charge in [0.15, 0.2) is 5.13 Å². The van der Waals surface area contributed by atoms with Crippen LogP contribution < -0.4 is 4.72 Å². The Bertz CT molecular complexity index is 1240. The molecule has 0 unspecified atom stereocenters. The molecule has 144 valence electrons. The Morgan fingerprint density at radius 2 is 1.82 bits per heavy atom. The van der Waals surface area contributed by atoms with Crippen LogP contribution in [0.4, 0.5) is 5.13 Å². The van der Waals surface area contributed by atoms with Crippen LogP contribution in [-0.4, -0.2) is 23.2 Å². The standard InChI is InChI=1S/C20H20N4O2S2/c1-13(2)24-12-17(19(22-24)15-9-5-4-6-10-15)28(25,26)23-20-21-18-14(3)8-7-11-16(18)27-20/h4-13H,1-3H3,(H,21,23). The molecule has 0 radical (unpaired) electrons. The molecule has 2 aromatic carbocycles. The Kier molecular flexibility index (Phi) is 4.68. The molecule has 0 aliphatic heterocycles. The average molecular weight is 413 g/mol. The summed E-state index contributed by atoms with van der Waals surface area (Å²) in [5, 5.41) is 4.87. The summed E-state index contributed by atoms with van der Waals surface area (Å²) in [5.74, 6) is 0. The molecule has 2 aromatic heterocycles. The second kappa shape index (κ2) is 7.03. The van der Waals surface area contributed by atoms with Crippen molar-refractivity contribution in [1.29, 1.82) is 0 Å². The summed E-state index contributed by atoms with van der Waals surface area (Å²) in [7, 11) is -3.85. The van der Waals surface area contributed by atoms with Crippen LogP contribution in [0.3, 0.4) is 0 Å². The molecule has 0 atom stereocenters. The molecule has 4 rings (SSSR count). The van der Waals surface area contributed by atoms with Gasteiger partial charge in [0.25, 0.3) is 10.0 Å². The minimum absolute atomic E-state index is 0.0384. The lowest BCUT2D eigenvalue weighted by molar-refractivity contribution is 0.532. The average Bonchev–Trinajstić information content (AvgIpc) is 3.27. The highest BCUT2D eigenvalue weighted by molar-refractivity contribution is 7.93. The monoisotopic (exact) mass is 412 g/mol. The van der Waals surface area contributed by atoms with E-state index in [1.54, 1.807) is 10.9 Å². The number of thiazole rings is 1. The lowest BCUT2D eigenvalue weighted by atomic mass is 10.2. The Balaban J connectivity index is 1.79. The molecule has 2 heterocycles. The molecule has 0 saturated heterocycles. The van der Waals surface area contributed by atoms with Gasteiger partial charge in [-0.1, -0.05) is 53.8 Å². The molecule has 0 bridgehead atoms. The molecule has 1 N–H and O–H groups in total. The molecule has 0 aliphatic rings. The van der Waals surface area contributed by atoms with E-state index in [-0.39, 0.29) is 10.9 Å². The summed E-state index contributed by atoms with van der Waals surface area (Å²) in [6.07, 6.45) is 1.58. The van der Waals surface area contributed by atoms with Gasteiger partial charge in [-0.05, 0) is 32.4 Å². The van der Waals surface area contributed by atoms with E-state index in [1.165, 1.54) is 11.3 Å². The molecule has 4 aromatic rings. The van der Waals surface area contributed by atoms with E-state index < -0.39 is 10.0 Å². The summed E-state index contributed by atoms with van der Waals surface area (Å²) >= 11 is 1.32. The number of nitrogens with one attached hydrogen (secondary N) is 1. The molecule has 0 amide bonds. The zero-order valence-corrected chi connectivity index (χ0v) is 17.4. The third-order valence-corrected chi connectivity index (χ3v) is 6.81. The van der Waals surface area contributed by atoms with Crippen molar-refractivity contribution < 1.29 is 8.42 Å². The van der Waals surface area contributed by atoms with Gasteiger partial charge in [-0.25, -0.2) is 13.4 Å². The van der Waals surface area contributed by atoms with E-state index in [4.69, 9.17) is 0 Å². The molecule has 6 nitrogen and oxygen atoms in total. The summed E-state index contributed by atoms with van der Waals surface area (Å²) < 4.78 is 31.6. The largest absolute Gasteiger partial charge is 0.268 e. The minimum atomic E-state index is -3.85. The van der Waals surface area contributed by atoms with Gasteiger partial charge < -0.3 is 0 Å². The number of nitrogens with zero attached hydrogens (tertiary/aromatic N) is 3. The Hall–Kier alpha value is -2.71. The number of benzene rings is 2. The quantitative estimate of drug-likeness (QED) is 0.508. The number of hydrogen-bond acceptors (Lipinski definition) is 5. The summed E-state index contributed by atoms with van der Waals surface area (Å²) in [6, 6.07) is 15.2. The van der Waals surface area contributed by atoms with Crippen LogP contribution in [0.5, 0.6) is 0 Å². The zero-order chi connectivity index (χ0) is 19.9. The second-order valence-electron chi connectivity index (χ2n) is 6.83. The van der Waals surface area contributed by atoms with Crippen molar-refractivity contribution >= 4 is 36.7 Å². The number of sulfonamides is 1. The lowest BCUT2D eigenvalue weighted by Gasteiger charge is -2.05. The topological polar surface area (TPSA) is 76.9 Å². The molecular weight excluding hydrogens is 392 g/mol. The molecule has 0 fully saturated rings. The third-order valence-electron chi connectivity index (χ3n) is 4.41. The Morgan fingerprint density at radius 3 is 2.50 bits per heavy atom. The van der Waals surface area contributed by atoms with Crippen LogP contribution in [0.25, 0.3) is 21.5 Å². The molecule has 0 spiro atoms. The van der Waals surface area contributed by atoms with E-state index in [2.05, 4.69) is 14.8 Å². The third kappa shape index (κ3) is 3.41. The van der Waals surface area contributed by atoms with Gasteiger partial charge >= 0.3 is 0 Å². The van der Waals surface area contributed by atoms with Gasteiger partial charge in [0.05, 0.1) is 10.2 Å². The predicted octanol–water partition coefficient (Wildman–Crippen LogP) is 4.85. The SMILES string of the molecule is Cc1cccc2sc(NS(=O)(=O)c3cn(C(C)C)nc3-c3ccccc3)nc12. The van der Waals surface area contributed by atoms with Crippen LogP contribution in [-0.2, 0) is 10.0 Å². The minimum Gasteiger partial charge on any atom is -0.268 e. The fourth-order valence-corrected chi connectivity index (χ4v) is 5.27. The normalized spacial score (nSPS) is 12.0. The van der Waals surface area contributed by atoms with Gasteiger partial charge in [-0.2, -0.15) is 5.10 Å². The number of hydrogen-bond donors (Lipinski definition) is 1. The Morgan fingerprint density at radius 1 is 1.07 bits per heavy atom. The van der Waals surface area contributed by atoms with Gasteiger partial charge in [0.1, 0.15) is 10.6 Å². The highest BCUT2D eigenvalue weighted by Gasteiger charge is 2.25. The first-order valence-corrected chi connectivity index (χ1v) is 11.2. The van der Waals surface area contributed by atoms with Crippen LogP contribution in [0.15, 0.2) is 59.6 Å². The fourth-order valence-electron chi connectivity index (χ4n) is 2.93. The van der Waals surface area contributed by atoms with Crippen molar-refractivity contribution in [2.75, 3.05) is 4.72 Å². The summed E-state index contributed by atoms with van der Waals surface area (Å²) in [5.41, 5.74) is 3.00. The maximum absolute atomic E-state index is 13.2. The molecule has 0 aliphatic carbocycles. The summed E-state index contributed by atoms with van der Waals surface area (Å²) in [4.78, 5) is 4.61. The van der Waals surface area contributed by atoms with Crippen LogP contribution >= 0.6 is 11.3 Å².